The number of ether oxygens (including phenoxy) is 1. The number of para-hydroxylation sites is 1. The molecule has 1 aliphatic heterocycles. The second kappa shape index (κ2) is 7.76. The van der Waals surface area contributed by atoms with Gasteiger partial charge >= 0.3 is 6.03 Å². The van der Waals surface area contributed by atoms with Gasteiger partial charge in [0, 0.05) is 35.9 Å². The number of halogens is 1. The Hall–Kier alpha value is -2.24. The molecule has 5 nitrogen and oxygen atoms in total. The number of nitrogens with one attached hydrogen (secondary N) is 1. The quantitative estimate of drug-likeness (QED) is 0.904. The summed E-state index contributed by atoms with van der Waals surface area (Å²) in [5.74, 6) is 0.844. The van der Waals surface area contributed by atoms with E-state index in [4.69, 9.17) is 16.3 Å². The zero-order chi connectivity index (χ0) is 17.8. The van der Waals surface area contributed by atoms with E-state index in [0.717, 1.165) is 17.9 Å². The molecule has 2 aromatic rings. The molecular weight excluding hydrogens is 338 g/mol. The van der Waals surface area contributed by atoms with Crippen molar-refractivity contribution < 1.29 is 9.53 Å². The van der Waals surface area contributed by atoms with Crippen LogP contribution in [0.1, 0.15) is 11.6 Å². The van der Waals surface area contributed by atoms with E-state index in [1.165, 1.54) is 0 Å². The first-order valence-corrected chi connectivity index (χ1v) is 8.61. The zero-order valence-corrected chi connectivity index (χ0v) is 15.2. The van der Waals surface area contributed by atoms with Crippen LogP contribution in [-0.2, 0) is 0 Å². The van der Waals surface area contributed by atoms with Crippen LogP contribution in [0.3, 0.4) is 0 Å². The van der Waals surface area contributed by atoms with Crippen molar-refractivity contribution >= 4 is 23.3 Å². The van der Waals surface area contributed by atoms with Crippen molar-refractivity contribution in [3.05, 3.63) is 59.1 Å². The number of likely N-dealkylation sites (N-methyl/N-ethyl adjacent to an activating group) is 1. The third-order valence-corrected chi connectivity index (χ3v) is 4.74. The van der Waals surface area contributed by atoms with Crippen LogP contribution in [0.25, 0.3) is 0 Å². The number of benzene rings is 2. The standard InChI is InChI=1S/C19H22ClN3O2/c1-22-10-11-23(19(24)21-15-7-5-6-14(20)12-15)13-17(22)16-8-3-4-9-18(16)25-2/h3-9,12,17H,10-11,13H2,1-2H3,(H,21,24). The van der Waals surface area contributed by atoms with Crippen LogP contribution in [0.2, 0.25) is 5.02 Å². The van der Waals surface area contributed by atoms with Crippen molar-refractivity contribution in [3.63, 3.8) is 0 Å². The maximum Gasteiger partial charge on any atom is 0.321 e. The molecule has 0 radical (unpaired) electrons. The maximum atomic E-state index is 12.6. The Bertz CT molecular complexity index is 753. The molecule has 1 fully saturated rings. The van der Waals surface area contributed by atoms with E-state index >= 15 is 0 Å². The number of nitrogens with zero attached hydrogens (tertiary/aromatic N) is 2. The Labute approximate surface area is 153 Å². The van der Waals surface area contributed by atoms with Crippen LogP contribution in [0.5, 0.6) is 5.75 Å². The van der Waals surface area contributed by atoms with Crippen LogP contribution in [-0.4, -0.2) is 49.6 Å². The number of urea groups is 1. The van der Waals surface area contributed by atoms with Crippen molar-refractivity contribution in [2.75, 3.05) is 39.1 Å². The topological polar surface area (TPSA) is 44.8 Å². The molecule has 0 bridgehead atoms. The highest BCUT2D eigenvalue weighted by Crippen LogP contribution is 2.31. The summed E-state index contributed by atoms with van der Waals surface area (Å²) in [4.78, 5) is 16.7. The number of hydrogen-bond acceptors (Lipinski definition) is 3. The summed E-state index contributed by atoms with van der Waals surface area (Å²) >= 11 is 5.98. The van der Waals surface area contributed by atoms with E-state index < -0.39 is 0 Å². The van der Waals surface area contributed by atoms with Crippen molar-refractivity contribution in [1.82, 2.24) is 9.80 Å². The van der Waals surface area contributed by atoms with Crippen molar-refractivity contribution in [1.29, 1.82) is 0 Å². The Kier molecular flexibility index (Phi) is 5.46. The van der Waals surface area contributed by atoms with Gasteiger partial charge in [0.15, 0.2) is 0 Å². The predicted octanol–water partition coefficient (Wildman–Crippen LogP) is 3.87. The molecule has 0 spiro atoms. The van der Waals surface area contributed by atoms with Gasteiger partial charge in [0.1, 0.15) is 5.75 Å². The van der Waals surface area contributed by atoms with Gasteiger partial charge < -0.3 is 15.0 Å². The van der Waals surface area contributed by atoms with Gasteiger partial charge in [0.05, 0.1) is 13.2 Å². The van der Waals surface area contributed by atoms with Gasteiger partial charge in [-0.05, 0) is 31.3 Å². The van der Waals surface area contributed by atoms with Gasteiger partial charge in [-0.25, -0.2) is 4.79 Å². The number of anilines is 1. The molecule has 6 heteroatoms. The Morgan fingerprint density at radius 2 is 2.00 bits per heavy atom. The predicted molar refractivity (Wildman–Crippen MR) is 100 cm³/mol. The number of piperazine rings is 1. The second-order valence-electron chi connectivity index (χ2n) is 6.12. The fourth-order valence-corrected chi connectivity index (χ4v) is 3.29. The molecule has 25 heavy (non-hydrogen) atoms. The summed E-state index contributed by atoms with van der Waals surface area (Å²) in [6, 6.07) is 15.1. The van der Waals surface area contributed by atoms with Gasteiger partial charge in [-0.15, -0.1) is 0 Å². The van der Waals surface area contributed by atoms with E-state index in [2.05, 4.69) is 23.3 Å². The minimum absolute atomic E-state index is 0.0926. The number of carbonyl (C=O) groups excluding carboxylic acids is 1. The van der Waals surface area contributed by atoms with Crippen LogP contribution in [0.4, 0.5) is 10.5 Å². The van der Waals surface area contributed by atoms with E-state index in [9.17, 15) is 4.79 Å². The minimum atomic E-state index is -0.115. The number of carbonyl (C=O) groups is 1. The molecule has 3 rings (SSSR count). The molecule has 1 heterocycles. The SMILES string of the molecule is COc1ccccc1C1CN(C(=O)Nc2cccc(Cl)c2)CCN1C. The monoisotopic (exact) mass is 359 g/mol. The highest BCUT2D eigenvalue weighted by Gasteiger charge is 2.30. The van der Waals surface area contributed by atoms with Gasteiger partial charge in [-0.1, -0.05) is 35.9 Å². The van der Waals surface area contributed by atoms with Crippen LogP contribution >= 0.6 is 11.6 Å². The van der Waals surface area contributed by atoms with E-state index in [0.29, 0.717) is 23.8 Å². The largest absolute Gasteiger partial charge is 0.496 e. The highest BCUT2D eigenvalue weighted by molar-refractivity contribution is 6.30. The van der Waals surface area contributed by atoms with E-state index in [-0.39, 0.29) is 12.1 Å². The Morgan fingerprint density at radius 1 is 1.20 bits per heavy atom. The van der Waals surface area contributed by atoms with Crippen molar-refractivity contribution in [3.8, 4) is 5.75 Å². The summed E-state index contributed by atoms with van der Waals surface area (Å²) in [6.45, 7) is 2.07. The average molecular weight is 360 g/mol. The average Bonchev–Trinajstić information content (AvgIpc) is 2.62. The van der Waals surface area contributed by atoms with Crippen LogP contribution < -0.4 is 10.1 Å². The zero-order valence-electron chi connectivity index (χ0n) is 14.4. The molecule has 1 unspecified atom stereocenters. The molecular formula is C19H22ClN3O2. The smallest absolute Gasteiger partial charge is 0.321 e. The molecule has 1 N–H and O–H groups in total. The first-order valence-electron chi connectivity index (χ1n) is 8.23. The van der Waals surface area contributed by atoms with E-state index in [1.807, 2.05) is 35.2 Å². The molecule has 0 aromatic heterocycles. The van der Waals surface area contributed by atoms with Gasteiger partial charge in [-0.2, -0.15) is 0 Å². The summed E-state index contributed by atoms with van der Waals surface area (Å²) in [6.07, 6.45) is 0. The summed E-state index contributed by atoms with van der Waals surface area (Å²) < 4.78 is 5.49. The third-order valence-electron chi connectivity index (χ3n) is 4.51. The van der Waals surface area contributed by atoms with Crippen LogP contribution in [0, 0.1) is 0 Å². The molecule has 132 valence electrons. The summed E-state index contributed by atoms with van der Waals surface area (Å²) in [7, 11) is 3.74. The normalized spacial score (nSPS) is 18.0. The first-order chi connectivity index (χ1) is 12.1. The lowest BCUT2D eigenvalue weighted by Crippen LogP contribution is -2.50. The summed E-state index contributed by atoms with van der Waals surface area (Å²) in [5.41, 5.74) is 1.79. The number of amides is 2. The lowest BCUT2D eigenvalue weighted by Gasteiger charge is -2.40. The van der Waals surface area contributed by atoms with Gasteiger partial charge in [0.2, 0.25) is 0 Å². The number of rotatable bonds is 3. The van der Waals surface area contributed by atoms with Gasteiger partial charge in [0.25, 0.3) is 0 Å². The molecule has 1 saturated heterocycles. The maximum absolute atomic E-state index is 12.6. The molecule has 1 atom stereocenters. The molecule has 0 aliphatic carbocycles. The lowest BCUT2D eigenvalue weighted by atomic mass is 10.0. The Morgan fingerprint density at radius 3 is 2.76 bits per heavy atom. The highest BCUT2D eigenvalue weighted by atomic mass is 35.5. The molecule has 2 aromatic carbocycles. The van der Waals surface area contributed by atoms with Crippen molar-refractivity contribution in [2.24, 2.45) is 0 Å². The fourth-order valence-electron chi connectivity index (χ4n) is 3.10. The molecule has 1 aliphatic rings. The van der Waals surface area contributed by atoms with Crippen LogP contribution in [0.15, 0.2) is 48.5 Å². The van der Waals surface area contributed by atoms with Gasteiger partial charge in [-0.3, -0.25) is 4.90 Å². The number of hydrogen-bond donors (Lipinski definition) is 1. The summed E-state index contributed by atoms with van der Waals surface area (Å²) in [5, 5.41) is 3.52. The molecule has 2 amide bonds. The first kappa shape index (κ1) is 17.6. The minimum Gasteiger partial charge on any atom is -0.496 e. The van der Waals surface area contributed by atoms with Crippen molar-refractivity contribution in [2.45, 2.75) is 6.04 Å². The Balaban J connectivity index is 1.74. The third kappa shape index (κ3) is 4.06. The fraction of sp³-hybridized carbons (Fsp3) is 0.316. The lowest BCUT2D eigenvalue weighted by molar-refractivity contribution is 0.114. The molecule has 0 saturated carbocycles. The second-order valence-corrected chi connectivity index (χ2v) is 6.56. The van der Waals surface area contributed by atoms with E-state index in [1.54, 1.807) is 19.2 Å². The number of methoxy groups -OCH3 is 1.